The monoisotopic (exact) mass is 414 g/mol. The van der Waals surface area contributed by atoms with Crippen molar-refractivity contribution in [3.63, 3.8) is 0 Å². The summed E-state index contributed by atoms with van der Waals surface area (Å²) in [6.45, 7) is 3.23. The van der Waals surface area contributed by atoms with Crippen molar-refractivity contribution in [1.29, 1.82) is 0 Å². The van der Waals surface area contributed by atoms with E-state index in [1.54, 1.807) is 19.3 Å². The summed E-state index contributed by atoms with van der Waals surface area (Å²) in [7, 11) is -3.77. The van der Waals surface area contributed by atoms with E-state index in [9.17, 15) is 12.8 Å². The highest BCUT2D eigenvalue weighted by molar-refractivity contribution is 7.89. The molecule has 29 heavy (non-hydrogen) atoms. The lowest BCUT2D eigenvalue weighted by atomic mass is 9.98. The van der Waals surface area contributed by atoms with Gasteiger partial charge in [-0.15, -0.1) is 0 Å². The van der Waals surface area contributed by atoms with Gasteiger partial charge in [-0.2, -0.15) is 0 Å². The van der Waals surface area contributed by atoms with Crippen LogP contribution in [-0.4, -0.2) is 26.4 Å². The SMILES string of the molecule is Cc1cc(S(=O)(=O)NC[C@H](c2ccco2)N2CCc3ccccc3C2)ccc1F. The fraction of sp³-hybridized carbons (Fsp3) is 0.273. The molecule has 0 spiro atoms. The number of hydrogen-bond acceptors (Lipinski definition) is 4. The molecule has 3 aromatic rings. The average Bonchev–Trinajstić information content (AvgIpc) is 3.24. The Hall–Kier alpha value is -2.48. The summed E-state index contributed by atoms with van der Waals surface area (Å²) >= 11 is 0. The molecule has 1 aliphatic heterocycles. The number of fused-ring (bicyclic) bond motifs is 1. The molecular formula is C22H23FN2O3S. The minimum absolute atomic E-state index is 0.0542. The lowest BCUT2D eigenvalue weighted by molar-refractivity contribution is 0.160. The van der Waals surface area contributed by atoms with Gasteiger partial charge in [0.15, 0.2) is 0 Å². The van der Waals surface area contributed by atoms with Crippen LogP contribution in [0.2, 0.25) is 0 Å². The van der Waals surface area contributed by atoms with E-state index in [0.29, 0.717) is 11.3 Å². The van der Waals surface area contributed by atoms with Crippen LogP contribution in [0.15, 0.2) is 70.2 Å². The second-order valence-corrected chi connectivity index (χ2v) is 9.05. The highest BCUT2D eigenvalue weighted by Gasteiger charge is 2.28. The molecule has 1 aromatic heterocycles. The third-order valence-corrected chi connectivity index (χ3v) is 6.80. The summed E-state index contributed by atoms with van der Waals surface area (Å²) in [5, 5.41) is 0. The normalized spacial score (nSPS) is 15.8. The van der Waals surface area contributed by atoms with E-state index >= 15 is 0 Å². The minimum Gasteiger partial charge on any atom is -0.468 e. The molecule has 0 saturated carbocycles. The second-order valence-electron chi connectivity index (χ2n) is 7.28. The first-order valence-electron chi connectivity index (χ1n) is 9.54. The van der Waals surface area contributed by atoms with E-state index in [-0.39, 0.29) is 17.5 Å². The Balaban J connectivity index is 1.55. The lowest BCUT2D eigenvalue weighted by Gasteiger charge is -2.34. The molecule has 0 radical (unpaired) electrons. The molecular weight excluding hydrogens is 391 g/mol. The number of rotatable bonds is 6. The highest BCUT2D eigenvalue weighted by Crippen LogP contribution is 2.28. The third kappa shape index (κ3) is 4.27. The number of halogens is 1. The highest BCUT2D eigenvalue weighted by atomic mass is 32.2. The van der Waals surface area contributed by atoms with Gasteiger partial charge in [0.25, 0.3) is 0 Å². The van der Waals surface area contributed by atoms with Gasteiger partial charge in [0.05, 0.1) is 17.2 Å². The molecule has 4 rings (SSSR count). The minimum atomic E-state index is -3.77. The van der Waals surface area contributed by atoms with Gasteiger partial charge in [0, 0.05) is 19.6 Å². The fourth-order valence-electron chi connectivity index (χ4n) is 3.73. The number of aryl methyl sites for hydroxylation is 1. The first-order chi connectivity index (χ1) is 13.9. The summed E-state index contributed by atoms with van der Waals surface area (Å²) in [4.78, 5) is 2.28. The van der Waals surface area contributed by atoms with E-state index in [1.807, 2.05) is 18.2 Å². The van der Waals surface area contributed by atoms with Gasteiger partial charge in [-0.05, 0) is 60.4 Å². The molecule has 7 heteroatoms. The molecule has 0 bridgehead atoms. The van der Waals surface area contributed by atoms with E-state index in [4.69, 9.17) is 4.42 Å². The maximum absolute atomic E-state index is 13.5. The molecule has 2 heterocycles. The molecule has 2 aromatic carbocycles. The third-order valence-electron chi connectivity index (χ3n) is 5.38. The van der Waals surface area contributed by atoms with Crippen molar-refractivity contribution >= 4 is 10.0 Å². The van der Waals surface area contributed by atoms with Crippen LogP contribution in [0.5, 0.6) is 0 Å². The Bertz CT molecular complexity index is 1100. The molecule has 1 atom stereocenters. The van der Waals surface area contributed by atoms with Gasteiger partial charge >= 0.3 is 0 Å². The molecule has 0 unspecified atom stereocenters. The first-order valence-corrected chi connectivity index (χ1v) is 11.0. The predicted molar refractivity (Wildman–Crippen MR) is 108 cm³/mol. The first kappa shape index (κ1) is 19.8. The smallest absolute Gasteiger partial charge is 0.240 e. The Morgan fingerprint density at radius 3 is 2.66 bits per heavy atom. The topological polar surface area (TPSA) is 62.6 Å². The second kappa shape index (κ2) is 8.10. The molecule has 5 nitrogen and oxygen atoms in total. The Morgan fingerprint density at radius 1 is 1.14 bits per heavy atom. The van der Waals surface area contributed by atoms with E-state index in [1.165, 1.54) is 29.3 Å². The Morgan fingerprint density at radius 2 is 1.93 bits per heavy atom. The maximum atomic E-state index is 13.5. The molecule has 1 N–H and O–H groups in total. The van der Waals surface area contributed by atoms with Gasteiger partial charge in [0.2, 0.25) is 10.0 Å². The van der Waals surface area contributed by atoms with E-state index in [0.717, 1.165) is 19.5 Å². The van der Waals surface area contributed by atoms with Crippen LogP contribution in [0, 0.1) is 12.7 Å². The van der Waals surface area contributed by atoms with Crippen LogP contribution in [-0.2, 0) is 23.0 Å². The number of furan rings is 1. The van der Waals surface area contributed by atoms with Crippen molar-refractivity contribution in [2.75, 3.05) is 13.1 Å². The fourth-order valence-corrected chi connectivity index (χ4v) is 4.85. The molecule has 1 aliphatic rings. The Kier molecular flexibility index (Phi) is 5.54. The van der Waals surface area contributed by atoms with Crippen LogP contribution in [0.1, 0.15) is 28.5 Å². The zero-order valence-corrected chi connectivity index (χ0v) is 17.0. The van der Waals surface area contributed by atoms with Crippen molar-refractivity contribution in [3.8, 4) is 0 Å². The zero-order chi connectivity index (χ0) is 20.4. The van der Waals surface area contributed by atoms with Crippen molar-refractivity contribution in [2.24, 2.45) is 0 Å². The summed E-state index contributed by atoms with van der Waals surface area (Å²) in [6, 6.07) is 15.5. The van der Waals surface area contributed by atoms with Crippen LogP contribution in [0.4, 0.5) is 4.39 Å². The standard InChI is InChI=1S/C22H23FN2O3S/c1-16-13-19(8-9-20(16)23)29(26,27)24-14-21(22-7-4-12-28-22)25-11-10-17-5-2-3-6-18(17)15-25/h2-9,12-13,21,24H,10-11,14-15H2,1H3/t21-/m1/s1. The molecule has 0 fully saturated rings. The number of sulfonamides is 1. The van der Waals surface area contributed by atoms with Gasteiger partial charge < -0.3 is 4.42 Å². The average molecular weight is 415 g/mol. The summed E-state index contributed by atoms with van der Waals surface area (Å²) < 4.78 is 47.3. The molecule has 0 saturated heterocycles. The molecule has 152 valence electrons. The number of benzene rings is 2. The maximum Gasteiger partial charge on any atom is 0.240 e. The Labute approximate surface area is 170 Å². The number of nitrogens with one attached hydrogen (secondary N) is 1. The number of hydrogen-bond donors (Lipinski definition) is 1. The quantitative estimate of drug-likeness (QED) is 0.666. The molecule has 0 amide bonds. The van der Waals surface area contributed by atoms with Gasteiger partial charge in [-0.1, -0.05) is 24.3 Å². The van der Waals surface area contributed by atoms with E-state index in [2.05, 4.69) is 21.8 Å². The lowest BCUT2D eigenvalue weighted by Crippen LogP contribution is -2.40. The summed E-state index contributed by atoms with van der Waals surface area (Å²) in [5.74, 6) is 0.284. The van der Waals surface area contributed by atoms with Gasteiger partial charge in [-0.3, -0.25) is 4.90 Å². The van der Waals surface area contributed by atoms with E-state index < -0.39 is 15.8 Å². The van der Waals surface area contributed by atoms with Crippen molar-refractivity contribution < 1.29 is 17.2 Å². The van der Waals surface area contributed by atoms with Crippen LogP contribution >= 0.6 is 0 Å². The van der Waals surface area contributed by atoms with Crippen LogP contribution in [0.25, 0.3) is 0 Å². The van der Waals surface area contributed by atoms with Crippen LogP contribution in [0.3, 0.4) is 0 Å². The van der Waals surface area contributed by atoms with Gasteiger partial charge in [0.1, 0.15) is 11.6 Å². The van der Waals surface area contributed by atoms with Crippen molar-refractivity contribution in [3.05, 3.63) is 89.1 Å². The van der Waals surface area contributed by atoms with Crippen molar-refractivity contribution in [2.45, 2.75) is 30.8 Å². The van der Waals surface area contributed by atoms with Crippen LogP contribution < -0.4 is 4.72 Å². The summed E-state index contributed by atoms with van der Waals surface area (Å²) in [6.07, 6.45) is 2.50. The zero-order valence-electron chi connectivity index (χ0n) is 16.1. The van der Waals surface area contributed by atoms with Crippen molar-refractivity contribution in [1.82, 2.24) is 9.62 Å². The predicted octanol–water partition coefficient (Wildman–Crippen LogP) is 3.81. The van der Waals surface area contributed by atoms with Gasteiger partial charge in [-0.25, -0.2) is 17.5 Å². The summed E-state index contributed by atoms with van der Waals surface area (Å²) in [5.41, 5.74) is 2.86. The molecule has 0 aliphatic carbocycles. The largest absolute Gasteiger partial charge is 0.468 e. The number of nitrogens with zero attached hydrogens (tertiary/aromatic N) is 1.